The first-order valence-electron chi connectivity index (χ1n) is 5.39. The molecule has 0 saturated heterocycles. The van der Waals surface area contributed by atoms with E-state index in [4.69, 9.17) is 16.3 Å². The van der Waals surface area contributed by atoms with Crippen LogP contribution in [0.15, 0.2) is 11.1 Å². The molecular weight excluding hydrogens is 228 g/mol. The predicted molar refractivity (Wildman–Crippen MR) is 64.1 cm³/mol. The molecule has 0 N–H and O–H groups in total. The van der Waals surface area contributed by atoms with E-state index >= 15 is 0 Å². The van der Waals surface area contributed by atoms with Crippen LogP contribution in [0.4, 0.5) is 0 Å². The average molecular weight is 245 g/mol. The van der Waals surface area contributed by atoms with Crippen LogP contribution in [0.25, 0.3) is 0 Å². The fraction of sp³-hybridized carbons (Fsp3) is 0.636. The third-order valence-electron chi connectivity index (χ3n) is 2.45. The van der Waals surface area contributed by atoms with E-state index in [1.807, 2.05) is 0 Å². The van der Waals surface area contributed by atoms with E-state index in [-0.39, 0.29) is 16.5 Å². The summed E-state index contributed by atoms with van der Waals surface area (Å²) in [5.74, 6) is 0.559. The van der Waals surface area contributed by atoms with Gasteiger partial charge in [0.05, 0.1) is 13.4 Å². The van der Waals surface area contributed by atoms with Crippen LogP contribution in [-0.4, -0.2) is 16.7 Å². The maximum absolute atomic E-state index is 11.9. The van der Waals surface area contributed by atoms with Crippen molar-refractivity contribution in [3.05, 3.63) is 21.8 Å². The van der Waals surface area contributed by atoms with Gasteiger partial charge in [0.2, 0.25) is 5.75 Å². The Kier molecular flexibility index (Phi) is 4.80. The fourth-order valence-electron chi connectivity index (χ4n) is 1.67. The number of aromatic nitrogens is 2. The van der Waals surface area contributed by atoms with Crippen molar-refractivity contribution >= 4 is 11.6 Å². The molecule has 1 heterocycles. The molecular formula is C11H17ClN2O2. The highest BCUT2D eigenvalue weighted by atomic mass is 35.5. The Hall–Kier alpha value is -1.03. The van der Waals surface area contributed by atoms with E-state index in [1.54, 1.807) is 4.57 Å². The summed E-state index contributed by atoms with van der Waals surface area (Å²) in [7, 11) is 1.42. The van der Waals surface area contributed by atoms with Crippen molar-refractivity contribution in [1.29, 1.82) is 0 Å². The second-order valence-electron chi connectivity index (χ2n) is 3.92. The second-order valence-corrected chi connectivity index (χ2v) is 4.28. The first-order valence-corrected chi connectivity index (χ1v) is 5.76. The number of ether oxygens (including phenoxy) is 1. The SMILES string of the molecule is CCCC(C)Cn1cnc(Cl)c(OC)c1=O. The largest absolute Gasteiger partial charge is 0.489 e. The van der Waals surface area contributed by atoms with E-state index in [2.05, 4.69) is 18.8 Å². The monoisotopic (exact) mass is 244 g/mol. The van der Waals surface area contributed by atoms with E-state index < -0.39 is 0 Å². The Morgan fingerprint density at radius 3 is 2.88 bits per heavy atom. The van der Waals surface area contributed by atoms with Gasteiger partial charge in [-0.15, -0.1) is 0 Å². The molecule has 0 spiro atoms. The van der Waals surface area contributed by atoms with Crippen LogP contribution in [0.3, 0.4) is 0 Å². The number of hydrogen-bond acceptors (Lipinski definition) is 3. The van der Waals surface area contributed by atoms with Crippen molar-refractivity contribution in [1.82, 2.24) is 9.55 Å². The lowest BCUT2D eigenvalue weighted by atomic mass is 10.1. The molecule has 16 heavy (non-hydrogen) atoms. The Labute approximate surface area is 100 Å². The van der Waals surface area contributed by atoms with Crippen LogP contribution in [0, 0.1) is 5.92 Å². The molecule has 0 fully saturated rings. The van der Waals surface area contributed by atoms with Gasteiger partial charge in [-0.25, -0.2) is 4.98 Å². The van der Waals surface area contributed by atoms with E-state index in [0.717, 1.165) is 12.8 Å². The maximum atomic E-state index is 11.9. The van der Waals surface area contributed by atoms with E-state index in [1.165, 1.54) is 13.4 Å². The average Bonchev–Trinajstić information content (AvgIpc) is 2.23. The zero-order valence-corrected chi connectivity index (χ0v) is 10.6. The van der Waals surface area contributed by atoms with Crippen molar-refractivity contribution in [3.63, 3.8) is 0 Å². The van der Waals surface area contributed by atoms with Gasteiger partial charge >= 0.3 is 0 Å². The number of hydrogen-bond donors (Lipinski definition) is 0. The third kappa shape index (κ3) is 2.98. The Bertz CT molecular complexity index is 403. The minimum atomic E-state index is -0.217. The van der Waals surface area contributed by atoms with Crippen molar-refractivity contribution in [3.8, 4) is 5.75 Å². The molecule has 1 aromatic heterocycles. The molecule has 0 bridgehead atoms. The van der Waals surface area contributed by atoms with Gasteiger partial charge in [-0.2, -0.15) is 0 Å². The topological polar surface area (TPSA) is 44.1 Å². The van der Waals surface area contributed by atoms with Crippen molar-refractivity contribution < 1.29 is 4.74 Å². The zero-order chi connectivity index (χ0) is 12.1. The molecule has 0 aliphatic carbocycles. The summed E-state index contributed by atoms with van der Waals surface area (Å²) in [4.78, 5) is 15.8. The van der Waals surface area contributed by atoms with Crippen LogP contribution >= 0.6 is 11.6 Å². The normalized spacial score (nSPS) is 12.5. The lowest BCUT2D eigenvalue weighted by Crippen LogP contribution is -2.24. The van der Waals surface area contributed by atoms with Gasteiger partial charge in [0, 0.05) is 6.54 Å². The van der Waals surface area contributed by atoms with Gasteiger partial charge in [0.25, 0.3) is 5.56 Å². The Balaban J connectivity index is 2.94. The van der Waals surface area contributed by atoms with Crippen LogP contribution in [0.2, 0.25) is 5.15 Å². The highest BCUT2D eigenvalue weighted by molar-refractivity contribution is 6.30. The van der Waals surface area contributed by atoms with E-state index in [9.17, 15) is 4.79 Å². The summed E-state index contributed by atoms with van der Waals surface area (Å²) in [5, 5.41) is 0.117. The molecule has 0 aliphatic heterocycles. The molecule has 0 saturated carbocycles. The van der Waals surface area contributed by atoms with Crippen LogP contribution in [-0.2, 0) is 6.54 Å². The fourth-order valence-corrected chi connectivity index (χ4v) is 1.87. The second kappa shape index (κ2) is 5.89. The van der Waals surface area contributed by atoms with Crippen molar-refractivity contribution in [2.45, 2.75) is 33.2 Å². The van der Waals surface area contributed by atoms with Gasteiger partial charge in [0.15, 0.2) is 5.15 Å². The summed E-state index contributed by atoms with van der Waals surface area (Å²) >= 11 is 5.75. The first kappa shape index (κ1) is 13.0. The summed E-state index contributed by atoms with van der Waals surface area (Å²) in [6, 6.07) is 0. The lowest BCUT2D eigenvalue weighted by molar-refractivity contribution is 0.385. The number of methoxy groups -OCH3 is 1. The smallest absolute Gasteiger partial charge is 0.297 e. The highest BCUT2D eigenvalue weighted by Crippen LogP contribution is 2.15. The van der Waals surface area contributed by atoms with Gasteiger partial charge in [-0.05, 0) is 12.3 Å². The summed E-state index contributed by atoms with van der Waals surface area (Å²) < 4.78 is 6.48. The predicted octanol–water partition coefficient (Wildman–Crippen LogP) is 2.34. The molecule has 4 nitrogen and oxygen atoms in total. The zero-order valence-electron chi connectivity index (χ0n) is 9.86. The number of halogens is 1. The molecule has 90 valence electrons. The summed E-state index contributed by atoms with van der Waals surface area (Å²) in [5.41, 5.74) is -0.217. The van der Waals surface area contributed by atoms with Gasteiger partial charge in [-0.3, -0.25) is 9.36 Å². The Morgan fingerprint density at radius 2 is 2.31 bits per heavy atom. The number of rotatable bonds is 5. The number of nitrogens with zero attached hydrogens (tertiary/aromatic N) is 2. The standard InChI is InChI=1S/C11H17ClN2O2/c1-4-5-8(2)6-14-7-13-10(12)9(16-3)11(14)15/h7-8H,4-6H2,1-3H3. The lowest BCUT2D eigenvalue weighted by Gasteiger charge is -2.13. The highest BCUT2D eigenvalue weighted by Gasteiger charge is 2.11. The van der Waals surface area contributed by atoms with Crippen molar-refractivity contribution in [2.75, 3.05) is 7.11 Å². The van der Waals surface area contributed by atoms with Crippen molar-refractivity contribution in [2.24, 2.45) is 5.92 Å². The molecule has 1 aromatic rings. The maximum Gasteiger partial charge on any atom is 0.297 e. The first-order chi connectivity index (χ1) is 7.60. The Morgan fingerprint density at radius 1 is 1.62 bits per heavy atom. The van der Waals surface area contributed by atoms with Crippen LogP contribution in [0.5, 0.6) is 5.75 Å². The molecule has 0 radical (unpaired) electrons. The third-order valence-corrected chi connectivity index (χ3v) is 2.72. The van der Waals surface area contributed by atoms with Gasteiger partial charge in [-0.1, -0.05) is 31.9 Å². The molecule has 1 unspecified atom stereocenters. The minimum Gasteiger partial charge on any atom is -0.489 e. The van der Waals surface area contributed by atoms with Crippen LogP contribution in [0.1, 0.15) is 26.7 Å². The molecule has 5 heteroatoms. The molecule has 0 aliphatic rings. The molecule has 0 amide bonds. The van der Waals surface area contributed by atoms with Crippen LogP contribution < -0.4 is 10.3 Å². The quantitative estimate of drug-likeness (QED) is 0.747. The van der Waals surface area contributed by atoms with Gasteiger partial charge < -0.3 is 4.74 Å². The van der Waals surface area contributed by atoms with Gasteiger partial charge in [0.1, 0.15) is 0 Å². The minimum absolute atomic E-state index is 0.117. The summed E-state index contributed by atoms with van der Waals surface area (Å²) in [6.45, 7) is 4.88. The molecule has 0 aromatic carbocycles. The molecule has 1 atom stereocenters. The summed E-state index contributed by atoms with van der Waals surface area (Å²) in [6.07, 6.45) is 3.66. The van der Waals surface area contributed by atoms with E-state index in [0.29, 0.717) is 12.5 Å². The molecule has 1 rings (SSSR count).